The van der Waals surface area contributed by atoms with E-state index in [-0.39, 0.29) is 6.10 Å². The van der Waals surface area contributed by atoms with Crippen LogP contribution >= 0.6 is 11.7 Å². The Labute approximate surface area is 163 Å². The highest BCUT2D eigenvalue weighted by Gasteiger charge is 2.20. The Morgan fingerprint density at radius 3 is 2.48 bits per heavy atom. The van der Waals surface area contributed by atoms with Gasteiger partial charge < -0.3 is 19.8 Å². The van der Waals surface area contributed by atoms with Gasteiger partial charge in [0.25, 0.3) is 5.88 Å². The van der Waals surface area contributed by atoms with Crippen LogP contribution in [0, 0.1) is 0 Å². The third-order valence-corrected chi connectivity index (χ3v) is 4.33. The van der Waals surface area contributed by atoms with E-state index in [4.69, 9.17) is 14.9 Å². The van der Waals surface area contributed by atoms with Crippen molar-refractivity contribution in [1.82, 2.24) is 13.6 Å². The summed E-state index contributed by atoms with van der Waals surface area (Å²) in [5, 5.41) is 15.6. The molecule has 1 atom stereocenters. The molecule has 0 aliphatic carbocycles. The van der Waals surface area contributed by atoms with Gasteiger partial charge in [0.05, 0.1) is 11.7 Å². The number of nitrogens with zero attached hydrogens (tertiary/aromatic N) is 3. The van der Waals surface area contributed by atoms with Crippen LogP contribution in [0.4, 0.5) is 0 Å². The Morgan fingerprint density at radius 2 is 1.96 bits per heavy atom. The molecule has 2 heterocycles. The van der Waals surface area contributed by atoms with E-state index >= 15 is 0 Å². The molecule has 1 aromatic rings. The lowest BCUT2D eigenvalue weighted by Crippen LogP contribution is -2.25. The maximum atomic E-state index is 9.55. The van der Waals surface area contributed by atoms with Crippen LogP contribution in [0.5, 0.6) is 5.88 Å². The lowest BCUT2D eigenvalue weighted by Gasteiger charge is -2.22. The van der Waals surface area contributed by atoms with Gasteiger partial charge in [-0.25, -0.2) is 9.59 Å². The second kappa shape index (κ2) is 12.2. The molecule has 8 nitrogen and oxygen atoms in total. The standard InChI is InChI=1S/C14H23N3OS.C4H4O4/c1-4-7-12(5-2)18-14-13(15-19-16-14)11-8-6-9-17(3)10-11;5-3(6)1-2-4(7)8/h8,12H,4-7,9-10H2,1-3H3;1-2H,(H,5,6)(H,7,8). The number of hydrogen-bond acceptors (Lipinski definition) is 7. The van der Waals surface area contributed by atoms with E-state index in [1.54, 1.807) is 0 Å². The minimum Gasteiger partial charge on any atom is -0.478 e. The predicted molar refractivity (Wildman–Crippen MR) is 104 cm³/mol. The molecule has 27 heavy (non-hydrogen) atoms. The SMILES string of the molecule is CCCC(CC)Oc1nsnc1C1=CCCN(C)C1.O=C(O)C=CC(=O)O. The molecular formula is C18H27N3O5S. The number of rotatable bonds is 8. The van der Waals surface area contributed by atoms with E-state index in [0.717, 1.165) is 50.3 Å². The molecule has 1 aliphatic heterocycles. The van der Waals surface area contributed by atoms with Crippen molar-refractivity contribution in [1.29, 1.82) is 0 Å². The van der Waals surface area contributed by atoms with Gasteiger partial charge in [0.1, 0.15) is 11.8 Å². The zero-order valence-electron chi connectivity index (χ0n) is 15.9. The van der Waals surface area contributed by atoms with E-state index in [2.05, 4.69) is 40.6 Å². The largest absolute Gasteiger partial charge is 0.478 e. The fraction of sp³-hybridized carbons (Fsp3) is 0.556. The zero-order valence-corrected chi connectivity index (χ0v) is 16.7. The van der Waals surface area contributed by atoms with Crippen molar-refractivity contribution < 1.29 is 24.5 Å². The Bertz CT molecular complexity index is 656. The molecule has 9 heteroatoms. The third-order valence-electron chi connectivity index (χ3n) is 3.82. The molecule has 1 unspecified atom stereocenters. The average molecular weight is 397 g/mol. The summed E-state index contributed by atoms with van der Waals surface area (Å²) < 4.78 is 14.8. The van der Waals surface area contributed by atoms with Crippen LogP contribution in [0.1, 0.15) is 45.2 Å². The summed E-state index contributed by atoms with van der Waals surface area (Å²) >= 11 is 1.25. The van der Waals surface area contributed by atoms with Crippen molar-refractivity contribution in [3.63, 3.8) is 0 Å². The molecule has 0 spiro atoms. The third kappa shape index (κ3) is 8.78. The first-order valence-corrected chi connectivity index (χ1v) is 9.61. The van der Waals surface area contributed by atoms with Crippen LogP contribution in [0.2, 0.25) is 0 Å². The first kappa shape index (κ1) is 22.8. The van der Waals surface area contributed by atoms with Crippen molar-refractivity contribution in [2.24, 2.45) is 0 Å². The van der Waals surface area contributed by atoms with Crippen LogP contribution in [0.15, 0.2) is 18.2 Å². The van der Waals surface area contributed by atoms with Gasteiger partial charge in [0.15, 0.2) is 0 Å². The maximum Gasteiger partial charge on any atom is 0.328 e. The molecular weight excluding hydrogens is 370 g/mol. The van der Waals surface area contributed by atoms with Crippen LogP contribution in [0.3, 0.4) is 0 Å². The van der Waals surface area contributed by atoms with Gasteiger partial charge in [0.2, 0.25) is 0 Å². The Morgan fingerprint density at radius 1 is 1.30 bits per heavy atom. The molecule has 0 fully saturated rings. The topological polar surface area (TPSA) is 113 Å². The van der Waals surface area contributed by atoms with E-state index < -0.39 is 11.9 Å². The first-order valence-electron chi connectivity index (χ1n) is 8.88. The average Bonchev–Trinajstić information content (AvgIpc) is 3.08. The number of carboxylic acid groups (broad SMARTS) is 2. The van der Waals surface area contributed by atoms with E-state index in [1.165, 1.54) is 17.3 Å². The highest BCUT2D eigenvalue weighted by Crippen LogP contribution is 2.28. The van der Waals surface area contributed by atoms with Crippen molar-refractivity contribution in [3.05, 3.63) is 23.9 Å². The quantitative estimate of drug-likeness (QED) is 0.644. The minimum absolute atomic E-state index is 0.259. The Balaban J connectivity index is 0.000000387. The Kier molecular flexibility index (Phi) is 10.3. The van der Waals surface area contributed by atoms with Crippen LogP contribution in [-0.2, 0) is 9.59 Å². The van der Waals surface area contributed by atoms with Crippen molar-refractivity contribution in [2.45, 2.75) is 45.6 Å². The lowest BCUT2D eigenvalue weighted by molar-refractivity contribution is -0.134. The molecule has 0 bridgehead atoms. The predicted octanol–water partition coefficient (Wildman–Crippen LogP) is 2.93. The molecule has 0 saturated heterocycles. The molecule has 2 rings (SSSR count). The molecule has 1 aliphatic rings. The fourth-order valence-electron chi connectivity index (χ4n) is 2.49. The highest BCUT2D eigenvalue weighted by molar-refractivity contribution is 6.99. The summed E-state index contributed by atoms with van der Waals surface area (Å²) in [5.41, 5.74) is 2.20. The molecule has 2 N–H and O–H groups in total. The van der Waals surface area contributed by atoms with Crippen LogP contribution in [0.25, 0.3) is 5.57 Å². The van der Waals surface area contributed by atoms with E-state index in [9.17, 15) is 9.59 Å². The zero-order chi connectivity index (χ0) is 20.2. The molecule has 1 aromatic heterocycles. The van der Waals surface area contributed by atoms with Gasteiger partial charge in [-0.1, -0.05) is 26.3 Å². The van der Waals surface area contributed by atoms with Gasteiger partial charge in [-0.05, 0) is 31.9 Å². The van der Waals surface area contributed by atoms with Gasteiger partial charge >= 0.3 is 11.9 Å². The summed E-state index contributed by atoms with van der Waals surface area (Å²) in [6.45, 7) is 6.40. The number of aromatic nitrogens is 2. The van der Waals surface area contributed by atoms with Gasteiger partial charge in [0, 0.05) is 25.2 Å². The number of aliphatic carboxylic acids is 2. The number of hydrogen-bond donors (Lipinski definition) is 2. The van der Waals surface area contributed by atoms with Gasteiger partial charge in [-0.2, -0.15) is 4.37 Å². The van der Waals surface area contributed by atoms with Crippen LogP contribution < -0.4 is 4.74 Å². The number of likely N-dealkylation sites (N-methyl/N-ethyl adjacent to an activating group) is 1. The van der Waals surface area contributed by atoms with Crippen molar-refractivity contribution >= 4 is 29.2 Å². The summed E-state index contributed by atoms with van der Waals surface area (Å²) in [7, 11) is 2.14. The number of carboxylic acids is 2. The van der Waals surface area contributed by atoms with Gasteiger partial charge in [-0.15, -0.1) is 4.37 Å². The van der Waals surface area contributed by atoms with Crippen molar-refractivity contribution in [3.8, 4) is 5.88 Å². The summed E-state index contributed by atoms with van der Waals surface area (Å²) in [6, 6.07) is 0. The molecule has 0 aromatic carbocycles. The monoisotopic (exact) mass is 397 g/mol. The molecule has 150 valence electrons. The molecule has 0 amide bonds. The Hall–Kier alpha value is -2.26. The fourth-order valence-corrected chi connectivity index (χ4v) is 3.01. The minimum atomic E-state index is -1.26. The number of ether oxygens (including phenoxy) is 1. The lowest BCUT2D eigenvalue weighted by atomic mass is 10.1. The summed E-state index contributed by atoms with van der Waals surface area (Å²) in [4.78, 5) is 21.4. The number of carbonyl (C=O) groups is 2. The maximum absolute atomic E-state index is 9.55. The van der Waals surface area contributed by atoms with E-state index in [0.29, 0.717) is 12.2 Å². The first-order chi connectivity index (χ1) is 12.9. The molecule has 0 saturated carbocycles. The highest BCUT2D eigenvalue weighted by atomic mass is 32.1. The van der Waals surface area contributed by atoms with Gasteiger partial charge in [-0.3, -0.25) is 0 Å². The second-order valence-electron chi connectivity index (χ2n) is 6.12. The van der Waals surface area contributed by atoms with Crippen molar-refractivity contribution in [2.75, 3.05) is 20.1 Å². The smallest absolute Gasteiger partial charge is 0.328 e. The second-order valence-corrected chi connectivity index (χ2v) is 6.65. The summed E-state index contributed by atoms with van der Waals surface area (Å²) in [6.07, 6.45) is 7.95. The normalized spacial score (nSPS) is 15.6. The van der Waals surface area contributed by atoms with E-state index in [1.807, 2.05) is 0 Å². The van der Waals surface area contributed by atoms with Crippen LogP contribution in [-0.4, -0.2) is 62.0 Å². The molecule has 0 radical (unpaired) electrons. The summed E-state index contributed by atoms with van der Waals surface area (Å²) in [5.74, 6) is -1.79.